The highest BCUT2D eigenvalue weighted by molar-refractivity contribution is 5.94. The molecule has 2 aliphatic rings. The van der Waals surface area contributed by atoms with Gasteiger partial charge in [-0.25, -0.2) is 0 Å². The summed E-state index contributed by atoms with van der Waals surface area (Å²) in [6.45, 7) is 1.03. The molecule has 3 rings (SSSR count). The minimum atomic E-state index is -0.254. The van der Waals surface area contributed by atoms with E-state index in [4.69, 9.17) is 0 Å². The lowest BCUT2D eigenvalue weighted by Crippen LogP contribution is -2.71. The van der Waals surface area contributed by atoms with Crippen molar-refractivity contribution in [2.45, 2.75) is 24.4 Å². The lowest BCUT2D eigenvalue weighted by molar-refractivity contribution is -0.169. The zero-order chi connectivity index (χ0) is 12.0. The number of hydrogen-bond acceptors (Lipinski definition) is 2. The predicted octanol–water partition coefficient (Wildman–Crippen LogP) is 1.66. The van der Waals surface area contributed by atoms with Crippen LogP contribution in [0, 0.1) is 0 Å². The molecule has 2 atom stereocenters. The highest BCUT2D eigenvalue weighted by Gasteiger charge is 2.63. The van der Waals surface area contributed by atoms with Crippen LogP contribution in [0.3, 0.4) is 0 Å². The number of likely N-dealkylation sites (N-methyl/N-ethyl adjacent to an activating group) is 2. The minimum Gasteiger partial charge on any atom is -0.335 e. The Morgan fingerprint density at radius 2 is 1.94 bits per heavy atom. The summed E-state index contributed by atoms with van der Waals surface area (Å²) in [4.78, 5) is 16.4. The summed E-state index contributed by atoms with van der Waals surface area (Å²) in [6.07, 6.45) is 2.12. The van der Waals surface area contributed by atoms with Gasteiger partial charge in [0.15, 0.2) is 0 Å². The second-order valence-electron chi connectivity index (χ2n) is 5.18. The van der Waals surface area contributed by atoms with Crippen LogP contribution in [-0.4, -0.2) is 41.9 Å². The highest BCUT2D eigenvalue weighted by Crippen LogP contribution is 2.50. The summed E-state index contributed by atoms with van der Waals surface area (Å²) in [5, 5.41) is 0. The summed E-state index contributed by atoms with van der Waals surface area (Å²) >= 11 is 0. The smallest absolute Gasteiger partial charge is 0.245 e. The Morgan fingerprint density at radius 1 is 1.24 bits per heavy atom. The molecule has 3 nitrogen and oxygen atoms in total. The van der Waals surface area contributed by atoms with Crippen LogP contribution >= 0.6 is 0 Å². The molecule has 0 saturated carbocycles. The van der Waals surface area contributed by atoms with Gasteiger partial charge in [-0.05, 0) is 32.0 Å². The molecule has 0 bridgehead atoms. The molecule has 3 heteroatoms. The van der Waals surface area contributed by atoms with Crippen molar-refractivity contribution in [1.82, 2.24) is 9.80 Å². The zero-order valence-corrected chi connectivity index (χ0v) is 10.4. The summed E-state index contributed by atoms with van der Waals surface area (Å²) in [6, 6.07) is 10.6. The van der Waals surface area contributed by atoms with Crippen molar-refractivity contribution in [3.05, 3.63) is 35.9 Å². The number of rotatable bonds is 1. The van der Waals surface area contributed by atoms with Gasteiger partial charge >= 0.3 is 0 Å². The monoisotopic (exact) mass is 230 g/mol. The van der Waals surface area contributed by atoms with Gasteiger partial charge in [-0.3, -0.25) is 9.69 Å². The number of likely N-dealkylation sites (tertiary alicyclic amines) is 2. The quantitative estimate of drug-likeness (QED) is 0.685. The van der Waals surface area contributed by atoms with Gasteiger partial charge < -0.3 is 4.90 Å². The molecule has 2 aliphatic heterocycles. The lowest BCUT2D eigenvalue weighted by Gasteiger charge is -2.56. The molecule has 2 fully saturated rings. The van der Waals surface area contributed by atoms with E-state index in [2.05, 4.69) is 36.2 Å². The molecule has 2 heterocycles. The van der Waals surface area contributed by atoms with Crippen molar-refractivity contribution < 1.29 is 4.79 Å². The van der Waals surface area contributed by atoms with Crippen LogP contribution in [0.15, 0.2) is 30.3 Å². The molecule has 1 aromatic carbocycles. The third kappa shape index (κ3) is 1.23. The molecule has 1 amide bonds. The van der Waals surface area contributed by atoms with Crippen LogP contribution in [0.2, 0.25) is 0 Å². The van der Waals surface area contributed by atoms with Crippen LogP contribution in [0.1, 0.15) is 24.4 Å². The van der Waals surface area contributed by atoms with Crippen LogP contribution < -0.4 is 0 Å². The summed E-state index contributed by atoms with van der Waals surface area (Å²) < 4.78 is 0. The van der Waals surface area contributed by atoms with E-state index >= 15 is 0 Å². The Kier molecular flexibility index (Phi) is 2.26. The van der Waals surface area contributed by atoms with E-state index in [1.54, 1.807) is 0 Å². The van der Waals surface area contributed by atoms with Gasteiger partial charge in [-0.15, -0.1) is 0 Å². The van der Waals surface area contributed by atoms with Gasteiger partial charge in [0, 0.05) is 7.05 Å². The lowest BCUT2D eigenvalue weighted by atomic mass is 9.73. The Bertz CT molecular complexity index is 445. The van der Waals surface area contributed by atoms with E-state index in [1.807, 2.05) is 18.0 Å². The van der Waals surface area contributed by atoms with Gasteiger partial charge in [0.1, 0.15) is 5.54 Å². The average molecular weight is 230 g/mol. The first kappa shape index (κ1) is 10.8. The molecule has 2 saturated heterocycles. The Labute approximate surface area is 102 Å². The largest absolute Gasteiger partial charge is 0.335 e. The van der Waals surface area contributed by atoms with Crippen LogP contribution in [0.4, 0.5) is 0 Å². The van der Waals surface area contributed by atoms with Crippen LogP contribution in [0.25, 0.3) is 0 Å². The first-order valence-corrected chi connectivity index (χ1v) is 6.21. The Morgan fingerprint density at radius 3 is 2.53 bits per heavy atom. The number of amides is 1. The first-order valence-electron chi connectivity index (χ1n) is 6.21. The van der Waals surface area contributed by atoms with E-state index in [-0.39, 0.29) is 17.5 Å². The molecule has 0 radical (unpaired) electrons. The molecular formula is C14H18N2O. The molecule has 1 aromatic rings. The first-order chi connectivity index (χ1) is 8.18. The topological polar surface area (TPSA) is 23.6 Å². The molecule has 0 aliphatic carbocycles. The number of benzene rings is 1. The fourth-order valence-corrected chi connectivity index (χ4v) is 3.52. The zero-order valence-electron chi connectivity index (χ0n) is 10.4. The summed E-state index contributed by atoms with van der Waals surface area (Å²) in [7, 11) is 3.99. The third-order valence-electron chi connectivity index (χ3n) is 4.38. The van der Waals surface area contributed by atoms with Crippen LogP contribution in [0.5, 0.6) is 0 Å². The van der Waals surface area contributed by atoms with E-state index in [1.165, 1.54) is 5.56 Å². The van der Waals surface area contributed by atoms with Gasteiger partial charge in [0.05, 0.1) is 6.04 Å². The van der Waals surface area contributed by atoms with Crippen molar-refractivity contribution in [3.63, 3.8) is 0 Å². The second kappa shape index (κ2) is 3.57. The third-order valence-corrected chi connectivity index (χ3v) is 4.38. The summed E-state index contributed by atoms with van der Waals surface area (Å²) in [5.74, 6) is 0.284. The second-order valence-corrected chi connectivity index (χ2v) is 5.18. The standard InChI is InChI=1S/C14H18N2O/c1-15-10-6-9-14(15)12(16(2)13(14)17)11-7-4-3-5-8-11/h3-5,7-8,12H,6,9-10H2,1-2H3. The fourth-order valence-electron chi connectivity index (χ4n) is 3.52. The van der Waals surface area contributed by atoms with Gasteiger partial charge in [-0.1, -0.05) is 30.3 Å². The van der Waals surface area contributed by atoms with Crippen molar-refractivity contribution >= 4 is 5.91 Å². The van der Waals surface area contributed by atoms with Crippen molar-refractivity contribution in [1.29, 1.82) is 0 Å². The van der Waals surface area contributed by atoms with Crippen molar-refractivity contribution in [2.75, 3.05) is 20.6 Å². The molecular weight excluding hydrogens is 212 g/mol. The molecule has 17 heavy (non-hydrogen) atoms. The molecule has 2 unspecified atom stereocenters. The van der Waals surface area contributed by atoms with E-state index in [0.29, 0.717) is 0 Å². The maximum Gasteiger partial charge on any atom is 0.245 e. The molecule has 90 valence electrons. The summed E-state index contributed by atoms with van der Waals surface area (Å²) in [5.41, 5.74) is 0.999. The van der Waals surface area contributed by atoms with Gasteiger partial charge in [0.25, 0.3) is 0 Å². The van der Waals surface area contributed by atoms with Crippen molar-refractivity contribution in [2.24, 2.45) is 0 Å². The SMILES string of the molecule is CN1C(=O)C2(CCCN2C)C1c1ccccc1. The Hall–Kier alpha value is -1.35. The van der Waals surface area contributed by atoms with Crippen molar-refractivity contribution in [3.8, 4) is 0 Å². The highest BCUT2D eigenvalue weighted by atomic mass is 16.2. The van der Waals surface area contributed by atoms with E-state index in [9.17, 15) is 4.79 Å². The number of carbonyl (C=O) groups excluding carboxylic acids is 1. The molecule has 0 N–H and O–H groups in total. The van der Waals surface area contributed by atoms with Gasteiger partial charge in [-0.2, -0.15) is 0 Å². The van der Waals surface area contributed by atoms with E-state index in [0.717, 1.165) is 19.4 Å². The minimum absolute atomic E-state index is 0.226. The number of nitrogens with zero attached hydrogens (tertiary/aromatic N) is 2. The maximum atomic E-state index is 12.3. The van der Waals surface area contributed by atoms with Crippen LogP contribution in [-0.2, 0) is 4.79 Å². The fraction of sp³-hybridized carbons (Fsp3) is 0.500. The number of carbonyl (C=O) groups is 1. The molecule has 0 aromatic heterocycles. The van der Waals surface area contributed by atoms with E-state index < -0.39 is 0 Å². The average Bonchev–Trinajstić information content (AvgIpc) is 2.75. The number of β-lactam (4-membered cyclic amide) rings is 1. The maximum absolute atomic E-state index is 12.3. The number of hydrogen-bond donors (Lipinski definition) is 0. The van der Waals surface area contributed by atoms with Gasteiger partial charge in [0.2, 0.25) is 5.91 Å². The predicted molar refractivity (Wildman–Crippen MR) is 66.5 cm³/mol. The Balaban J connectivity index is 2.02. The molecule has 1 spiro atoms. The normalized spacial score (nSPS) is 33.2.